The van der Waals surface area contributed by atoms with Crippen molar-refractivity contribution in [1.82, 2.24) is 24.8 Å². The molecule has 1 saturated carbocycles. The van der Waals surface area contributed by atoms with Crippen LogP contribution in [0, 0.1) is 18.7 Å². The zero-order chi connectivity index (χ0) is 22.3. The van der Waals surface area contributed by atoms with Gasteiger partial charge in [0.15, 0.2) is 5.82 Å². The van der Waals surface area contributed by atoms with E-state index in [0.717, 1.165) is 31.5 Å². The maximum absolute atomic E-state index is 13.4. The van der Waals surface area contributed by atoms with E-state index in [1.807, 2.05) is 23.4 Å². The monoisotopic (exact) mass is 437 g/mol. The first-order chi connectivity index (χ1) is 15.5. The number of hydrogen-bond donors (Lipinski definition) is 0. The molecule has 2 aliphatic rings. The Bertz CT molecular complexity index is 1120. The van der Waals surface area contributed by atoms with Gasteiger partial charge in [0.2, 0.25) is 0 Å². The predicted molar refractivity (Wildman–Crippen MR) is 116 cm³/mol. The van der Waals surface area contributed by atoms with Crippen LogP contribution < -0.4 is 0 Å². The van der Waals surface area contributed by atoms with Gasteiger partial charge in [-0.05, 0) is 63.3 Å². The number of rotatable bonds is 6. The molecule has 32 heavy (non-hydrogen) atoms. The maximum atomic E-state index is 13.4. The lowest BCUT2D eigenvalue weighted by Crippen LogP contribution is -2.49. The van der Waals surface area contributed by atoms with Gasteiger partial charge in [-0.3, -0.25) is 9.48 Å². The fourth-order valence-corrected chi connectivity index (χ4v) is 4.91. The minimum Gasteiger partial charge on any atom is -0.338 e. The van der Waals surface area contributed by atoms with Crippen LogP contribution in [-0.2, 0) is 12.0 Å². The van der Waals surface area contributed by atoms with Crippen molar-refractivity contribution in [1.29, 1.82) is 0 Å². The molecule has 0 N–H and O–H groups in total. The van der Waals surface area contributed by atoms with E-state index in [9.17, 15) is 9.18 Å². The number of carbonyl (C=O) groups is 1. The van der Waals surface area contributed by atoms with Gasteiger partial charge in [-0.15, -0.1) is 0 Å². The Kier molecular flexibility index (Phi) is 5.31. The van der Waals surface area contributed by atoms with Crippen LogP contribution in [0.4, 0.5) is 4.39 Å². The second-order valence-corrected chi connectivity index (χ2v) is 9.15. The van der Waals surface area contributed by atoms with E-state index in [0.29, 0.717) is 41.8 Å². The number of aromatic nitrogens is 4. The number of carbonyl (C=O) groups excluding carboxylic acids is 1. The zero-order valence-electron chi connectivity index (χ0n) is 18.6. The van der Waals surface area contributed by atoms with Crippen LogP contribution >= 0.6 is 0 Å². The van der Waals surface area contributed by atoms with Gasteiger partial charge in [0.25, 0.3) is 11.8 Å². The third-order valence-corrected chi connectivity index (χ3v) is 6.87. The van der Waals surface area contributed by atoms with E-state index < -0.39 is 0 Å². The van der Waals surface area contributed by atoms with Crippen molar-refractivity contribution in [2.75, 3.05) is 13.1 Å². The first-order valence-electron chi connectivity index (χ1n) is 11.4. The number of halogens is 1. The van der Waals surface area contributed by atoms with E-state index in [1.54, 1.807) is 18.3 Å². The molecule has 1 aromatic carbocycles. The molecule has 0 radical (unpaired) electrons. The highest BCUT2D eigenvalue weighted by Gasteiger charge is 2.46. The van der Waals surface area contributed by atoms with E-state index >= 15 is 0 Å². The Balaban J connectivity index is 1.44. The molecular formula is C24H28FN5O2. The summed E-state index contributed by atoms with van der Waals surface area (Å²) in [5.41, 5.74) is 1.92. The van der Waals surface area contributed by atoms with Crippen LogP contribution in [-0.4, -0.2) is 43.8 Å². The summed E-state index contributed by atoms with van der Waals surface area (Å²) in [6.07, 6.45) is 6.86. The average molecular weight is 438 g/mol. The third-order valence-electron chi connectivity index (χ3n) is 6.87. The van der Waals surface area contributed by atoms with Crippen LogP contribution in [0.5, 0.6) is 0 Å². The number of nitrogens with zero attached hydrogens (tertiary/aromatic N) is 5. The van der Waals surface area contributed by atoms with Gasteiger partial charge < -0.3 is 9.42 Å². The summed E-state index contributed by atoms with van der Waals surface area (Å²) in [7, 11) is 0. The highest BCUT2D eigenvalue weighted by Crippen LogP contribution is 2.46. The number of amides is 1. The van der Waals surface area contributed by atoms with Gasteiger partial charge in [0.1, 0.15) is 5.82 Å². The zero-order valence-corrected chi connectivity index (χ0v) is 18.6. The Morgan fingerprint density at radius 2 is 2.06 bits per heavy atom. The first-order valence-corrected chi connectivity index (χ1v) is 11.4. The van der Waals surface area contributed by atoms with Gasteiger partial charge in [-0.1, -0.05) is 18.0 Å². The number of hydrogen-bond acceptors (Lipinski definition) is 5. The molecule has 1 unspecified atom stereocenters. The Morgan fingerprint density at radius 1 is 1.28 bits per heavy atom. The average Bonchev–Trinajstić information content (AvgIpc) is 3.32. The lowest BCUT2D eigenvalue weighted by molar-refractivity contribution is 0.0606. The van der Waals surface area contributed by atoms with E-state index in [4.69, 9.17) is 9.51 Å². The number of aryl methyl sites for hydroxylation is 1. The van der Waals surface area contributed by atoms with Crippen molar-refractivity contribution < 1.29 is 13.7 Å². The number of likely N-dealkylation sites (tertiary alicyclic amines) is 1. The van der Waals surface area contributed by atoms with Crippen molar-refractivity contribution in [2.45, 2.75) is 57.9 Å². The molecule has 1 aliphatic heterocycles. The fraction of sp³-hybridized carbons (Fsp3) is 0.500. The first kappa shape index (κ1) is 20.8. The normalized spacial score (nSPS) is 21.2. The smallest absolute Gasteiger partial charge is 0.257 e. The van der Waals surface area contributed by atoms with Crippen molar-refractivity contribution in [3.05, 3.63) is 53.4 Å². The van der Waals surface area contributed by atoms with Gasteiger partial charge in [0.05, 0.1) is 17.2 Å². The SMILES string of the molecule is CCn1ncc(C(=O)N2CCCC(CC3CC3)(c3noc(-c4ccc(F)cc4)n3)C2)c1C. The van der Waals surface area contributed by atoms with Gasteiger partial charge >= 0.3 is 0 Å². The molecule has 8 heteroatoms. The van der Waals surface area contributed by atoms with Crippen LogP contribution in [0.1, 0.15) is 60.9 Å². The highest BCUT2D eigenvalue weighted by atomic mass is 19.1. The molecule has 3 heterocycles. The van der Waals surface area contributed by atoms with Gasteiger partial charge in [-0.2, -0.15) is 10.1 Å². The summed E-state index contributed by atoms with van der Waals surface area (Å²) in [5, 5.41) is 8.71. The lowest BCUT2D eigenvalue weighted by Gasteiger charge is -2.41. The molecule has 1 atom stereocenters. The summed E-state index contributed by atoms with van der Waals surface area (Å²) in [6.45, 7) is 5.98. The summed E-state index contributed by atoms with van der Waals surface area (Å²) < 4.78 is 20.7. The Morgan fingerprint density at radius 3 is 2.75 bits per heavy atom. The quantitative estimate of drug-likeness (QED) is 0.572. The predicted octanol–water partition coefficient (Wildman–Crippen LogP) is 4.37. The van der Waals surface area contributed by atoms with Crippen molar-refractivity contribution >= 4 is 5.91 Å². The molecule has 1 aliphatic carbocycles. The summed E-state index contributed by atoms with van der Waals surface area (Å²) in [6, 6.07) is 6.06. The van der Waals surface area contributed by atoms with Crippen molar-refractivity contribution in [3.8, 4) is 11.5 Å². The van der Waals surface area contributed by atoms with E-state index in [-0.39, 0.29) is 17.1 Å². The van der Waals surface area contributed by atoms with Crippen molar-refractivity contribution in [2.24, 2.45) is 5.92 Å². The molecule has 1 saturated heterocycles. The summed E-state index contributed by atoms with van der Waals surface area (Å²) in [5.74, 6) is 1.40. The van der Waals surface area contributed by atoms with Gasteiger partial charge in [-0.25, -0.2) is 4.39 Å². The van der Waals surface area contributed by atoms with Crippen LogP contribution in [0.25, 0.3) is 11.5 Å². The molecule has 2 aromatic heterocycles. The molecule has 5 rings (SSSR count). The minimum absolute atomic E-state index is 0.0179. The van der Waals surface area contributed by atoms with Crippen LogP contribution in [0.3, 0.4) is 0 Å². The van der Waals surface area contributed by atoms with E-state index in [1.165, 1.54) is 25.0 Å². The Labute approximate surface area is 186 Å². The molecular weight excluding hydrogens is 409 g/mol. The van der Waals surface area contributed by atoms with Gasteiger partial charge in [0, 0.05) is 30.9 Å². The van der Waals surface area contributed by atoms with Crippen LogP contribution in [0.15, 0.2) is 35.0 Å². The Hall–Kier alpha value is -3.03. The molecule has 2 fully saturated rings. The highest BCUT2D eigenvalue weighted by molar-refractivity contribution is 5.95. The molecule has 7 nitrogen and oxygen atoms in total. The molecule has 3 aromatic rings. The molecule has 1 amide bonds. The number of benzene rings is 1. The van der Waals surface area contributed by atoms with E-state index in [2.05, 4.69) is 10.3 Å². The van der Waals surface area contributed by atoms with Crippen LogP contribution in [0.2, 0.25) is 0 Å². The standard InChI is InChI=1S/C24H28FN5O2/c1-3-30-16(2)20(14-26-30)22(31)29-12-4-11-24(15-29,13-17-5-6-17)23-27-21(32-28-23)18-7-9-19(25)10-8-18/h7-10,14,17H,3-6,11-13,15H2,1-2H3. The minimum atomic E-state index is -0.328. The second kappa shape index (κ2) is 8.15. The molecule has 0 spiro atoms. The third kappa shape index (κ3) is 3.82. The number of piperidine rings is 1. The summed E-state index contributed by atoms with van der Waals surface area (Å²) >= 11 is 0. The van der Waals surface area contributed by atoms with Crippen molar-refractivity contribution in [3.63, 3.8) is 0 Å². The second-order valence-electron chi connectivity index (χ2n) is 9.15. The summed E-state index contributed by atoms with van der Waals surface area (Å²) in [4.78, 5) is 20.1. The topological polar surface area (TPSA) is 77.0 Å². The fourth-order valence-electron chi connectivity index (χ4n) is 4.91. The lowest BCUT2D eigenvalue weighted by atomic mass is 9.74. The largest absolute Gasteiger partial charge is 0.338 e. The molecule has 0 bridgehead atoms. The molecule has 168 valence electrons. The maximum Gasteiger partial charge on any atom is 0.257 e.